The number of hydrogen-bond acceptors (Lipinski definition) is 5. The maximum atomic E-state index is 13.1. The summed E-state index contributed by atoms with van der Waals surface area (Å²) in [6.07, 6.45) is 0.474. The number of rotatable bonds is 8. The Hall–Kier alpha value is -1.31. The maximum Gasteiger partial charge on any atom is 0.229 e. The first-order valence-corrected chi connectivity index (χ1v) is 11.7. The Kier molecular flexibility index (Phi) is 9.44. The number of thiazole rings is 1. The van der Waals surface area contributed by atoms with Crippen molar-refractivity contribution in [3.05, 3.63) is 52.5 Å². The number of benzene rings is 2. The zero-order valence-corrected chi connectivity index (χ0v) is 20.9. The van der Waals surface area contributed by atoms with E-state index in [2.05, 4.69) is 36.1 Å². The minimum atomic E-state index is 0. The summed E-state index contributed by atoms with van der Waals surface area (Å²) in [5.74, 6) is 0.852. The maximum absolute atomic E-state index is 13.1. The summed E-state index contributed by atoms with van der Waals surface area (Å²) < 4.78 is 1.02. The third-order valence-electron chi connectivity index (χ3n) is 4.55. The highest BCUT2D eigenvalue weighted by molar-refractivity contribution is 7.99. The monoisotopic (exact) mass is 483 g/mol. The van der Waals surface area contributed by atoms with Crippen LogP contribution in [0.25, 0.3) is 10.2 Å². The van der Waals surface area contributed by atoms with Gasteiger partial charge in [0.1, 0.15) is 0 Å². The molecule has 0 aliphatic heterocycles. The molecule has 0 N–H and O–H groups in total. The van der Waals surface area contributed by atoms with Gasteiger partial charge in [0.05, 0.1) is 10.2 Å². The molecule has 0 fully saturated rings. The molecule has 2 aromatic carbocycles. The van der Waals surface area contributed by atoms with Gasteiger partial charge in [0.25, 0.3) is 0 Å². The van der Waals surface area contributed by atoms with Crippen LogP contribution in [-0.4, -0.2) is 48.7 Å². The quantitative estimate of drug-likeness (QED) is 0.364. The van der Waals surface area contributed by atoms with Crippen molar-refractivity contribution in [2.75, 3.05) is 37.8 Å². The van der Waals surface area contributed by atoms with Crippen LogP contribution in [0.3, 0.4) is 0 Å². The van der Waals surface area contributed by atoms with Crippen molar-refractivity contribution in [2.24, 2.45) is 0 Å². The number of anilines is 1. The lowest BCUT2D eigenvalue weighted by Crippen LogP contribution is -2.36. The molecule has 0 unspecified atom stereocenters. The van der Waals surface area contributed by atoms with Gasteiger partial charge in [0.2, 0.25) is 5.91 Å². The molecule has 30 heavy (non-hydrogen) atoms. The van der Waals surface area contributed by atoms with Gasteiger partial charge in [0, 0.05) is 35.2 Å². The van der Waals surface area contributed by atoms with E-state index >= 15 is 0 Å². The van der Waals surface area contributed by atoms with Gasteiger partial charge in [-0.15, -0.1) is 24.2 Å². The summed E-state index contributed by atoms with van der Waals surface area (Å²) in [6, 6.07) is 12.2. The van der Waals surface area contributed by atoms with Gasteiger partial charge in [-0.2, -0.15) is 0 Å². The fourth-order valence-electron chi connectivity index (χ4n) is 2.91. The average molecular weight is 485 g/mol. The van der Waals surface area contributed by atoms with Crippen molar-refractivity contribution in [1.82, 2.24) is 9.88 Å². The van der Waals surface area contributed by atoms with Crippen LogP contribution >= 0.6 is 47.1 Å². The second-order valence-corrected chi connectivity index (χ2v) is 9.94. The average Bonchev–Trinajstić information content (AvgIpc) is 3.07. The van der Waals surface area contributed by atoms with Crippen molar-refractivity contribution in [3.63, 3.8) is 0 Å². The molecule has 0 aliphatic rings. The largest absolute Gasteiger partial charge is 0.308 e. The Morgan fingerprint density at radius 1 is 1.13 bits per heavy atom. The number of aryl methyl sites for hydroxylation is 2. The van der Waals surface area contributed by atoms with Crippen LogP contribution in [0.4, 0.5) is 5.13 Å². The Morgan fingerprint density at radius 3 is 2.50 bits per heavy atom. The zero-order valence-electron chi connectivity index (χ0n) is 17.6. The molecule has 1 heterocycles. The number of aromatic nitrogens is 1. The first kappa shape index (κ1) is 25.0. The van der Waals surface area contributed by atoms with Crippen LogP contribution in [0, 0.1) is 13.8 Å². The second-order valence-electron chi connectivity index (χ2n) is 7.33. The van der Waals surface area contributed by atoms with E-state index in [0.717, 1.165) is 33.2 Å². The van der Waals surface area contributed by atoms with E-state index in [4.69, 9.17) is 16.6 Å². The number of hydrogen-bond donors (Lipinski definition) is 0. The number of halogens is 2. The molecule has 0 radical (unpaired) electrons. The first-order valence-electron chi connectivity index (χ1n) is 9.55. The van der Waals surface area contributed by atoms with Crippen molar-refractivity contribution in [1.29, 1.82) is 0 Å². The molecule has 3 rings (SSSR count). The molecular weight excluding hydrogens is 457 g/mol. The molecular formula is C22H27Cl2N3OS2. The topological polar surface area (TPSA) is 36.4 Å². The van der Waals surface area contributed by atoms with Crippen LogP contribution < -0.4 is 4.90 Å². The molecule has 3 aromatic rings. The standard InChI is InChI=1S/C22H26ClN3OS2.ClH/c1-15-5-7-18(8-6-15)28-12-9-20(27)26(11-10-25(3)4)22-24-21-16(2)13-17(23)14-19(21)29-22;/h5-8,13-14H,9-12H2,1-4H3;1H. The summed E-state index contributed by atoms with van der Waals surface area (Å²) in [6.45, 7) is 5.48. The van der Waals surface area contributed by atoms with Crippen LogP contribution in [0.5, 0.6) is 0 Å². The van der Waals surface area contributed by atoms with E-state index in [9.17, 15) is 4.79 Å². The molecule has 0 aliphatic carbocycles. The van der Waals surface area contributed by atoms with E-state index in [1.807, 2.05) is 38.1 Å². The highest BCUT2D eigenvalue weighted by atomic mass is 35.5. The van der Waals surface area contributed by atoms with E-state index in [1.165, 1.54) is 21.8 Å². The number of carbonyl (C=O) groups excluding carboxylic acids is 1. The highest BCUT2D eigenvalue weighted by Gasteiger charge is 2.20. The van der Waals surface area contributed by atoms with Gasteiger partial charge in [0.15, 0.2) is 5.13 Å². The normalized spacial score (nSPS) is 11.0. The lowest BCUT2D eigenvalue weighted by molar-refractivity contribution is -0.118. The van der Waals surface area contributed by atoms with Crippen LogP contribution in [-0.2, 0) is 4.79 Å². The lowest BCUT2D eigenvalue weighted by atomic mass is 10.2. The summed E-state index contributed by atoms with van der Waals surface area (Å²) in [4.78, 5) is 22.9. The van der Waals surface area contributed by atoms with Crippen LogP contribution in [0.1, 0.15) is 17.5 Å². The fourth-order valence-corrected chi connectivity index (χ4v) is 5.22. The van der Waals surface area contributed by atoms with Crippen LogP contribution in [0.2, 0.25) is 5.02 Å². The van der Waals surface area contributed by atoms with E-state index in [-0.39, 0.29) is 18.3 Å². The minimum Gasteiger partial charge on any atom is -0.308 e. The summed E-state index contributed by atoms with van der Waals surface area (Å²) in [5.41, 5.74) is 3.20. The number of likely N-dealkylation sites (N-methyl/N-ethyl adjacent to an activating group) is 1. The molecule has 1 aromatic heterocycles. The molecule has 0 bridgehead atoms. The molecule has 1 amide bonds. The van der Waals surface area contributed by atoms with Gasteiger partial charge < -0.3 is 4.90 Å². The van der Waals surface area contributed by atoms with Gasteiger partial charge in [-0.3, -0.25) is 9.69 Å². The molecule has 162 valence electrons. The Bertz CT molecular complexity index is 990. The van der Waals surface area contributed by atoms with Crippen LogP contribution in [0.15, 0.2) is 41.3 Å². The smallest absolute Gasteiger partial charge is 0.229 e. The predicted molar refractivity (Wildman–Crippen MR) is 134 cm³/mol. The molecule has 4 nitrogen and oxygen atoms in total. The number of thioether (sulfide) groups is 1. The Morgan fingerprint density at radius 2 is 1.83 bits per heavy atom. The molecule has 8 heteroatoms. The van der Waals surface area contributed by atoms with Gasteiger partial charge in [-0.05, 0) is 57.8 Å². The van der Waals surface area contributed by atoms with E-state index in [1.54, 1.807) is 11.8 Å². The van der Waals surface area contributed by atoms with E-state index < -0.39 is 0 Å². The fraction of sp³-hybridized carbons (Fsp3) is 0.364. The summed E-state index contributed by atoms with van der Waals surface area (Å²) in [5, 5.41) is 1.45. The Labute approximate surface area is 198 Å². The second kappa shape index (κ2) is 11.3. The number of nitrogens with zero attached hydrogens (tertiary/aromatic N) is 3. The highest BCUT2D eigenvalue weighted by Crippen LogP contribution is 2.33. The first-order chi connectivity index (χ1) is 13.8. The van der Waals surface area contributed by atoms with Crippen molar-refractivity contribution >= 4 is 68.4 Å². The van der Waals surface area contributed by atoms with Crippen molar-refractivity contribution in [2.45, 2.75) is 25.2 Å². The molecule has 0 spiro atoms. The SMILES string of the molecule is Cc1ccc(SCCC(=O)N(CCN(C)C)c2nc3c(C)cc(Cl)cc3s2)cc1.Cl. The van der Waals surface area contributed by atoms with Crippen molar-refractivity contribution < 1.29 is 4.79 Å². The van der Waals surface area contributed by atoms with Crippen molar-refractivity contribution in [3.8, 4) is 0 Å². The minimum absolute atomic E-state index is 0. The summed E-state index contributed by atoms with van der Waals surface area (Å²) in [7, 11) is 4.02. The summed E-state index contributed by atoms with van der Waals surface area (Å²) >= 11 is 9.44. The number of carbonyl (C=O) groups is 1. The van der Waals surface area contributed by atoms with E-state index in [0.29, 0.717) is 18.0 Å². The third kappa shape index (κ3) is 6.59. The lowest BCUT2D eigenvalue weighted by Gasteiger charge is -2.22. The predicted octanol–water partition coefficient (Wildman–Crippen LogP) is 6.07. The Balaban J connectivity index is 0.00000320. The number of fused-ring (bicyclic) bond motifs is 1. The molecule has 0 saturated carbocycles. The number of amides is 1. The third-order valence-corrected chi connectivity index (χ3v) is 6.80. The molecule has 0 saturated heterocycles. The van der Waals surface area contributed by atoms with Gasteiger partial charge in [-0.1, -0.05) is 40.6 Å². The molecule has 0 atom stereocenters. The van der Waals surface area contributed by atoms with Gasteiger partial charge in [-0.25, -0.2) is 4.98 Å². The zero-order chi connectivity index (χ0) is 21.0. The van der Waals surface area contributed by atoms with Gasteiger partial charge >= 0.3 is 0 Å².